The van der Waals surface area contributed by atoms with Crippen molar-refractivity contribution in [1.29, 1.82) is 0 Å². The monoisotopic (exact) mass is 935 g/mol. The van der Waals surface area contributed by atoms with Crippen LogP contribution in [0.3, 0.4) is 0 Å². The molecule has 0 fully saturated rings. The second-order valence-electron chi connectivity index (χ2n) is 18.9. The smallest absolute Gasteiger partial charge is 0.333 e. The van der Waals surface area contributed by atoms with Crippen LogP contribution in [-0.4, -0.2) is 6.85 Å². The third-order valence-corrected chi connectivity index (χ3v) is 15.9. The fourth-order valence-electron chi connectivity index (χ4n) is 11.5. The van der Waals surface area contributed by atoms with Crippen LogP contribution >= 0.6 is 11.3 Å². The molecule has 0 atom stereocenters. The normalized spacial score (nSPS) is 12.4. The molecule has 0 radical (unpaired) electrons. The highest BCUT2D eigenvalue weighted by Crippen LogP contribution is 2.53. The molecular weight excluding hydrogens is 890 g/mol. The van der Waals surface area contributed by atoms with E-state index < -0.39 is 0 Å². The lowest BCUT2D eigenvalue weighted by atomic mass is 9.43. The first-order chi connectivity index (χ1) is 35.6. The lowest BCUT2D eigenvalue weighted by Crippen LogP contribution is -2.61. The summed E-state index contributed by atoms with van der Waals surface area (Å²) in [6.45, 7) is 2.07. The number of rotatable bonds is 8. The van der Waals surface area contributed by atoms with E-state index in [1.165, 1.54) is 92.5 Å². The van der Waals surface area contributed by atoms with Gasteiger partial charge < -0.3 is 14.6 Å². The molecule has 3 heterocycles. The zero-order chi connectivity index (χ0) is 47.7. The third-order valence-electron chi connectivity index (χ3n) is 14.7. The molecule has 0 unspecified atom stereocenters. The molecule has 11 aromatic carbocycles. The second kappa shape index (κ2) is 17.2. The van der Waals surface area contributed by atoms with Gasteiger partial charge in [0, 0.05) is 76.8 Å². The Labute approximate surface area is 424 Å². The molecule has 12 aromatic rings. The van der Waals surface area contributed by atoms with Crippen LogP contribution in [0.1, 0.15) is 5.56 Å². The van der Waals surface area contributed by atoms with E-state index in [-0.39, 0.29) is 6.85 Å². The quantitative estimate of drug-likeness (QED) is 0.141. The van der Waals surface area contributed by atoms with Crippen molar-refractivity contribution in [3.63, 3.8) is 0 Å². The number of hydrogen-bond donors (Lipinski definition) is 0. The molecule has 72 heavy (non-hydrogen) atoms. The van der Waals surface area contributed by atoms with Crippen molar-refractivity contribution in [2.45, 2.75) is 6.92 Å². The molecule has 0 amide bonds. The van der Waals surface area contributed by atoms with Gasteiger partial charge in [0.25, 0.3) is 0 Å². The van der Waals surface area contributed by atoms with E-state index >= 15 is 0 Å². The van der Waals surface area contributed by atoms with Crippen LogP contribution in [-0.2, 0) is 0 Å². The van der Waals surface area contributed by atoms with E-state index in [4.69, 9.17) is 0 Å². The van der Waals surface area contributed by atoms with E-state index in [9.17, 15) is 0 Å². The molecule has 5 heteroatoms. The topological polar surface area (TPSA) is 9.72 Å². The predicted molar refractivity (Wildman–Crippen MR) is 309 cm³/mol. The third kappa shape index (κ3) is 6.88. The number of fused-ring (bicyclic) bond motifs is 8. The SMILES string of the molecule is Cc1cc(-c2ccccc2)ccc1N1c2ccc(N(c3ccccc3)c3ccccc3)cc2B2c3c1cc1c(sc4ccccc41)c3-c1cc(-c3ccccc3)ccc1N2c1cccc(-c2ccccc2)c1. The van der Waals surface area contributed by atoms with Crippen molar-refractivity contribution in [3.8, 4) is 44.5 Å². The number of thiophene rings is 1. The van der Waals surface area contributed by atoms with Crippen molar-refractivity contribution < 1.29 is 0 Å². The number of aryl methyl sites for hydroxylation is 1. The Balaban J connectivity index is 1.11. The van der Waals surface area contributed by atoms with Gasteiger partial charge in [0.2, 0.25) is 0 Å². The van der Waals surface area contributed by atoms with Gasteiger partial charge in [-0.15, -0.1) is 11.3 Å². The van der Waals surface area contributed by atoms with Crippen molar-refractivity contribution in [1.82, 2.24) is 0 Å². The number of hydrogen-bond acceptors (Lipinski definition) is 4. The molecule has 0 bridgehead atoms. The lowest BCUT2D eigenvalue weighted by Gasteiger charge is -2.46. The summed E-state index contributed by atoms with van der Waals surface area (Å²) < 4.78 is 2.60. The summed E-state index contributed by atoms with van der Waals surface area (Å²) in [5, 5.41) is 2.56. The highest BCUT2D eigenvalue weighted by molar-refractivity contribution is 7.26. The molecular formula is C67H46BN3S. The van der Waals surface area contributed by atoms with Gasteiger partial charge in [-0.2, -0.15) is 0 Å². The first kappa shape index (κ1) is 42.0. The second-order valence-corrected chi connectivity index (χ2v) is 20.0. The zero-order valence-corrected chi connectivity index (χ0v) is 40.5. The maximum absolute atomic E-state index is 2.65. The molecule has 0 N–H and O–H groups in total. The molecule has 0 saturated heterocycles. The Kier molecular flexibility index (Phi) is 10.0. The van der Waals surface area contributed by atoms with Crippen LogP contribution in [0.5, 0.6) is 0 Å². The Morgan fingerprint density at radius 2 is 0.931 bits per heavy atom. The fraction of sp³-hybridized carbons (Fsp3) is 0.0149. The molecule has 2 aliphatic heterocycles. The Morgan fingerprint density at radius 3 is 1.57 bits per heavy atom. The minimum absolute atomic E-state index is 0.214. The Bertz CT molecular complexity index is 3970. The van der Waals surface area contributed by atoms with Crippen molar-refractivity contribution >= 4 is 94.8 Å². The lowest BCUT2D eigenvalue weighted by molar-refractivity contribution is 1.24. The summed E-state index contributed by atoms with van der Waals surface area (Å²) in [6.07, 6.45) is 0. The highest BCUT2D eigenvalue weighted by atomic mass is 32.1. The summed E-state index contributed by atoms with van der Waals surface area (Å²) >= 11 is 1.92. The van der Waals surface area contributed by atoms with E-state index in [1.807, 2.05) is 11.3 Å². The summed E-state index contributed by atoms with van der Waals surface area (Å²) in [7, 11) is 0. The van der Waals surface area contributed by atoms with Crippen molar-refractivity contribution in [3.05, 3.63) is 266 Å². The number of benzene rings is 11. The van der Waals surface area contributed by atoms with Crippen molar-refractivity contribution in [2.24, 2.45) is 0 Å². The van der Waals surface area contributed by atoms with Crippen LogP contribution in [0.25, 0.3) is 64.7 Å². The highest BCUT2D eigenvalue weighted by Gasteiger charge is 2.47. The van der Waals surface area contributed by atoms with Gasteiger partial charge in [0.1, 0.15) is 0 Å². The van der Waals surface area contributed by atoms with E-state index in [2.05, 4.69) is 282 Å². The fourth-order valence-corrected chi connectivity index (χ4v) is 12.7. The van der Waals surface area contributed by atoms with Gasteiger partial charge >= 0.3 is 6.85 Å². The molecule has 0 saturated carbocycles. The van der Waals surface area contributed by atoms with Gasteiger partial charge in [-0.05, 0) is 148 Å². The largest absolute Gasteiger partial charge is 0.376 e. The number of nitrogens with zero attached hydrogens (tertiary/aromatic N) is 3. The van der Waals surface area contributed by atoms with Gasteiger partial charge in [-0.3, -0.25) is 0 Å². The van der Waals surface area contributed by atoms with Crippen LogP contribution in [0.15, 0.2) is 261 Å². The number of anilines is 8. The summed E-state index contributed by atoms with van der Waals surface area (Å²) in [4.78, 5) is 7.64. The maximum atomic E-state index is 2.65. The molecule has 0 aliphatic carbocycles. The summed E-state index contributed by atoms with van der Waals surface area (Å²) in [5.74, 6) is 0. The van der Waals surface area contributed by atoms with Gasteiger partial charge in [0.05, 0.1) is 0 Å². The van der Waals surface area contributed by atoms with Crippen LogP contribution < -0.4 is 25.5 Å². The van der Waals surface area contributed by atoms with Crippen molar-refractivity contribution in [2.75, 3.05) is 14.6 Å². The Morgan fingerprint density at radius 1 is 0.389 bits per heavy atom. The standard InChI is InChI=1S/C67H46BN3S/c1-45-40-50(47-22-9-3-10-23-47)34-37-60(45)70-62-39-36-54(69(52-27-13-5-14-28-52)53-29-15-6-16-30-53)43-59(62)68-66-63(70)44-57-56-32-17-18-33-64(56)72-67(57)65(66)58-42-51(48-24-11-4-12-25-48)35-38-61(58)71(68)55-31-19-26-49(41-55)46-20-7-2-8-21-46/h2-44H,1H3. The molecule has 14 rings (SSSR count). The van der Waals surface area contributed by atoms with E-state index in [1.54, 1.807) is 0 Å². The number of para-hydroxylation sites is 2. The van der Waals surface area contributed by atoms with Gasteiger partial charge in [0.15, 0.2) is 0 Å². The van der Waals surface area contributed by atoms with Crippen LogP contribution in [0.4, 0.5) is 45.5 Å². The summed E-state index contributed by atoms with van der Waals surface area (Å²) in [6, 6.07) is 96.1. The molecule has 3 nitrogen and oxygen atoms in total. The summed E-state index contributed by atoms with van der Waals surface area (Å²) in [5.41, 5.74) is 22.6. The molecule has 2 aliphatic rings. The van der Waals surface area contributed by atoms with E-state index in [0.717, 1.165) is 34.1 Å². The van der Waals surface area contributed by atoms with Gasteiger partial charge in [-0.25, -0.2) is 0 Å². The first-order valence-corrected chi connectivity index (χ1v) is 25.6. The first-order valence-electron chi connectivity index (χ1n) is 24.8. The average molecular weight is 936 g/mol. The minimum Gasteiger partial charge on any atom is -0.376 e. The maximum Gasteiger partial charge on any atom is 0.333 e. The molecule has 1 aromatic heterocycles. The molecule has 0 spiro atoms. The van der Waals surface area contributed by atoms with Crippen LogP contribution in [0.2, 0.25) is 0 Å². The predicted octanol–water partition coefficient (Wildman–Crippen LogP) is 17.5. The van der Waals surface area contributed by atoms with E-state index in [0.29, 0.717) is 0 Å². The minimum atomic E-state index is -0.214. The average Bonchev–Trinajstić information content (AvgIpc) is 3.83. The molecule has 338 valence electrons. The zero-order valence-electron chi connectivity index (χ0n) is 39.7. The van der Waals surface area contributed by atoms with Gasteiger partial charge in [-0.1, -0.05) is 170 Å². The Hall–Kier alpha value is -8.90. The van der Waals surface area contributed by atoms with Crippen LogP contribution in [0, 0.1) is 6.92 Å².